The molecule has 2 aliphatic rings. The average Bonchev–Trinajstić information content (AvgIpc) is 2.72. The highest BCUT2D eigenvalue weighted by molar-refractivity contribution is 6.01. The van der Waals surface area contributed by atoms with Crippen LogP contribution in [0.25, 0.3) is 0 Å². The van der Waals surface area contributed by atoms with E-state index in [2.05, 4.69) is 23.1 Å². The Morgan fingerprint density at radius 3 is 2.46 bits per heavy atom. The van der Waals surface area contributed by atoms with E-state index in [0.717, 1.165) is 5.57 Å². The third-order valence-electron chi connectivity index (χ3n) is 5.74. The maximum Gasteiger partial charge on any atom is 0.189 e. The fourth-order valence-electron chi connectivity index (χ4n) is 4.38. The lowest BCUT2D eigenvalue weighted by Gasteiger charge is -2.47. The summed E-state index contributed by atoms with van der Waals surface area (Å²) in [7, 11) is 5.03. The van der Waals surface area contributed by atoms with Crippen molar-refractivity contribution in [3.05, 3.63) is 35.4 Å². The first kappa shape index (κ1) is 19.4. The molecule has 1 aliphatic carbocycles. The molecule has 1 unspecified atom stereocenters. The van der Waals surface area contributed by atoms with Crippen LogP contribution in [0.2, 0.25) is 0 Å². The molecule has 1 heterocycles. The zero-order chi connectivity index (χ0) is 20.5. The van der Waals surface area contributed by atoms with Gasteiger partial charge in [-0.15, -0.1) is 0 Å². The lowest BCUT2D eigenvalue weighted by molar-refractivity contribution is 0.231. The molecule has 1 aromatic rings. The number of methoxy groups -OCH3 is 2. The zero-order valence-corrected chi connectivity index (χ0v) is 16.1. The van der Waals surface area contributed by atoms with Crippen LogP contribution >= 0.6 is 0 Å². The van der Waals surface area contributed by atoms with Gasteiger partial charge < -0.3 is 19.8 Å². The van der Waals surface area contributed by atoms with Crippen LogP contribution in [0, 0.1) is 56.7 Å². The molecule has 1 aliphatic heterocycles. The van der Waals surface area contributed by atoms with Gasteiger partial charge in [0.1, 0.15) is 17.4 Å². The summed E-state index contributed by atoms with van der Waals surface area (Å²) in [5.74, 6) is -0.692. The van der Waals surface area contributed by atoms with Crippen molar-refractivity contribution in [1.82, 2.24) is 4.90 Å². The number of nitrogens with zero attached hydrogens (tertiary/aromatic N) is 4. The fourth-order valence-corrected chi connectivity index (χ4v) is 4.38. The van der Waals surface area contributed by atoms with E-state index in [1.807, 2.05) is 13.1 Å². The van der Waals surface area contributed by atoms with Gasteiger partial charge >= 0.3 is 0 Å². The number of likely N-dealkylation sites (N-methyl/N-ethyl adjacent to an activating group) is 1. The molecule has 142 valence electrons. The van der Waals surface area contributed by atoms with Gasteiger partial charge in [0.15, 0.2) is 5.41 Å². The summed E-state index contributed by atoms with van der Waals surface area (Å²) < 4.78 is 10.9. The standard InChI is InChI=1S/C21H21N5O2/c1-26-7-6-14-16(9-22)20(25)21(11-23,12-24)19(17(14)10-26)15-8-13(27-2)4-5-18(15)28-3/h4-6,8,16-17,19,25H,7,10H2,1-3H3/t16?,17-,19-/m1/s1. The van der Waals surface area contributed by atoms with Crippen molar-refractivity contribution in [1.29, 1.82) is 21.2 Å². The Balaban J connectivity index is 2.33. The molecule has 1 N–H and O–H groups in total. The predicted molar refractivity (Wildman–Crippen MR) is 102 cm³/mol. The number of ether oxygens (including phenoxy) is 2. The van der Waals surface area contributed by atoms with Crippen LogP contribution in [0.1, 0.15) is 11.5 Å². The molecule has 3 rings (SSSR count). The van der Waals surface area contributed by atoms with E-state index in [1.165, 1.54) is 7.11 Å². The van der Waals surface area contributed by atoms with Crippen molar-refractivity contribution in [2.75, 3.05) is 34.4 Å². The molecular weight excluding hydrogens is 354 g/mol. The van der Waals surface area contributed by atoms with Gasteiger partial charge in [0.05, 0.1) is 38.1 Å². The highest BCUT2D eigenvalue weighted by Gasteiger charge is 2.58. The second-order valence-corrected chi connectivity index (χ2v) is 7.12. The van der Waals surface area contributed by atoms with Crippen LogP contribution in [0.5, 0.6) is 11.5 Å². The Bertz CT molecular complexity index is 948. The minimum absolute atomic E-state index is 0.165. The normalized spacial score (nSPS) is 26.1. The van der Waals surface area contributed by atoms with Crippen molar-refractivity contribution >= 4 is 5.71 Å². The van der Waals surface area contributed by atoms with Gasteiger partial charge in [0, 0.05) is 30.5 Å². The number of benzene rings is 1. The van der Waals surface area contributed by atoms with Crippen LogP contribution in [0.3, 0.4) is 0 Å². The fraction of sp³-hybridized carbons (Fsp3) is 0.429. The Hall–Kier alpha value is -3.34. The van der Waals surface area contributed by atoms with E-state index in [4.69, 9.17) is 14.9 Å². The van der Waals surface area contributed by atoms with E-state index in [9.17, 15) is 15.8 Å². The number of fused-ring (bicyclic) bond motifs is 1. The monoisotopic (exact) mass is 375 g/mol. The Kier molecular flexibility index (Phi) is 5.10. The number of nitriles is 3. The summed E-state index contributed by atoms with van der Waals surface area (Å²) in [4.78, 5) is 2.08. The van der Waals surface area contributed by atoms with Gasteiger partial charge in [-0.2, -0.15) is 15.8 Å². The van der Waals surface area contributed by atoms with Crippen molar-refractivity contribution in [2.24, 2.45) is 17.3 Å². The van der Waals surface area contributed by atoms with Crippen LogP contribution in [0.15, 0.2) is 29.8 Å². The Labute approximate surface area is 164 Å². The molecule has 7 heteroatoms. The number of nitrogens with one attached hydrogen (secondary N) is 1. The molecular formula is C21H21N5O2. The third-order valence-corrected chi connectivity index (χ3v) is 5.74. The summed E-state index contributed by atoms with van der Waals surface area (Å²) >= 11 is 0. The quantitative estimate of drug-likeness (QED) is 0.811. The second-order valence-electron chi connectivity index (χ2n) is 7.12. The highest BCUT2D eigenvalue weighted by Crippen LogP contribution is 2.55. The molecule has 0 aromatic heterocycles. The van der Waals surface area contributed by atoms with E-state index >= 15 is 0 Å². The molecule has 28 heavy (non-hydrogen) atoms. The maximum absolute atomic E-state index is 10.1. The van der Waals surface area contributed by atoms with Crippen LogP contribution < -0.4 is 9.47 Å². The van der Waals surface area contributed by atoms with Gasteiger partial charge in [0.25, 0.3) is 0 Å². The third kappa shape index (κ3) is 2.71. The summed E-state index contributed by atoms with van der Waals surface area (Å²) in [5, 5.41) is 38.5. The lowest BCUT2D eigenvalue weighted by Crippen LogP contribution is -2.52. The number of rotatable bonds is 3. The van der Waals surface area contributed by atoms with Crippen LogP contribution in [-0.4, -0.2) is 45.0 Å². The topological polar surface area (TPSA) is 117 Å². The molecule has 1 saturated carbocycles. The molecule has 0 bridgehead atoms. The van der Waals surface area contributed by atoms with Gasteiger partial charge in [-0.05, 0) is 30.8 Å². The first-order valence-corrected chi connectivity index (χ1v) is 8.88. The first-order valence-electron chi connectivity index (χ1n) is 8.88. The average molecular weight is 375 g/mol. The smallest absolute Gasteiger partial charge is 0.189 e. The van der Waals surface area contributed by atoms with Crippen molar-refractivity contribution in [3.63, 3.8) is 0 Å². The maximum atomic E-state index is 10.1. The number of hydrogen-bond acceptors (Lipinski definition) is 7. The lowest BCUT2D eigenvalue weighted by atomic mass is 9.54. The SMILES string of the molecule is COc1ccc(OC)c([C@@H]2[C@@H]3CN(C)CC=C3C(C#N)C(=N)C2(C#N)C#N)c1. The summed E-state index contributed by atoms with van der Waals surface area (Å²) in [6.45, 7) is 1.23. The molecule has 0 amide bonds. The summed E-state index contributed by atoms with van der Waals surface area (Å²) in [5.41, 5.74) is -0.485. The molecule has 1 fully saturated rings. The van der Waals surface area contributed by atoms with Gasteiger partial charge in [0.2, 0.25) is 0 Å². The van der Waals surface area contributed by atoms with Crippen LogP contribution in [-0.2, 0) is 0 Å². The van der Waals surface area contributed by atoms with Gasteiger partial charge in [-0.3, -0.25) is 0 Å². The Morgan fingerprint density at radius 1 is 1.18 bits per heavy atom. The molecule has 0 saturated heterocycles. The first-order chi connectivity index (χ1) is 13.5. The molecule has 7 nitrogen and oxygen atoms in total. The number of hydrogen-bond donors (Lipinski definition) is 1. The van der Waals surface area contributed by atoms with Crippen molar-refractivity contribution in [2.45, 2.75) is 5.92 Å². The molecule has 1 aromatic carbocycles. The predicted octanol–water partition coefficient (Wildman–Crippen LogP) is 2.48. The Morgan fingerprint density at radius 2 is 1.89 bits per heavy atom. The van der Waals surface area contributed by atoms with Gasteiger partial charge in [-0.1, -0.05) is 6.08 Å². The molecule has 0 spiro atoms. The minimum Gasteiger partial charge on any atom is -0.497 e. The van der Waals surface area contributed by atoms with E-state index in [1.54, 1.807) is 25.3 Å². The molecule has 0 radical (unpaired) electrons. The van der Waals surface area contributed by atoms with Crippen LogP contribution in [0.4, 0.5) is 0 Å². The minimum atomic E-state index is -1.76. The summed E-state index contributed by atoms with van der Waals surface area (Å²) in [6, 6.07) is 11.6. The highest BCUT2D eigenvalue weighted by atomic mass is 16.5. The largest absolute Gasteiger partial charge is 0.497 e. The summed E-state index contributed by atoms with van der Waals surface area (Å²) in [6.07, 6.45) is 1.95. The van der Waals surface area contributed by atoms with Crippen molar-refractivity contribution in [3.8, 4) is 29.7 Å². The molecule has 3 atom stereocenters. The van der Waals surface area contributed by atoms with E-state index in [-0.39, 0.29) is 11.6 Å². The van der Waals surface area contributed by atoms with Gasteiger partial charge in [-0.25, -0.2) is 0 Å². The van der Waals surface area contributed by atoms with Crippen molar-refractivity contribution < 1.29 is 9.47 Å². The van der Waals surface area contributed by atoms with E-state index < -0.39 is 17.3 Å². The zero-order valence-electron chi connectivity index (χ0n) is 16.1. The second kappa shape index (κ2) is 7.35. The van der Waals surface area contributed by atoms with E-state index in [0.29, 0.717) is 30.2 Å².